The van der Waals surface area contributed by atoms with Crippen LogP contribution >= 0.6 is 0 Å². The van der Waals surface area contributed by atoms with Crippen LogP contribution in [0.15, 0.2) is 73.1 Å². The summed E-state index contributed by atoms with van der Waals surface area (Å²) in [6.45, 7) is 0. The van der Waals surface area contributed by atoms with Crippen molar-refractivity contribution >= 4 is 22.6 Å². The molecule has 0 unspecified atom stereocenters. The van der Waals surface area contributed by atoms with E-state index in [4.69, 9.17) is 4.74 Å². The molecule has 0 radical (unpaired) electrons. The number of nitrogens with one attached hydrogen (secondary N) is 1. The van der Waals surface area contributed by atoms with E-state index in [2.05, 4.69) is 15.4 Å². The van der Waals surface area contributed by atoms with Crippen LogP contribution in [0, 0.1) is 0 Å². The van der Waals surface area contributed by atoms with Crippen LogP contribution in [-0.2, 0) is 11.2 Å². The van der Waals surface area contributed by atoms with E-state index in [1.807, 2.05) is 71.5 Å². The first-order valence-corrected chi connectivity index (χ1v) is 8.55. The lowest BCUT2D eigenvalue weighted by Gasteiger charge is -2.08. The first-order chi connectivity index (χ1) is 13.2. The van der Waals surface area contributed by atoms with E-state index in [9.17, 15) is 4.79 Å². The molecule has 0 atom stereocenters. The van der Waals surface area contributed by atoms with Crippen molar-refractivity contribution in [3.63, 3.8) is 0 Å². The van der Waals surface area contributed by atoms with Gasteiger partial charge in [0.1, 0.15) is 11.6 Å². The van der Waals surface area contributed by atoms with E-state index >= 15 is 0 Å². The number of rotatable bonds is 5. The highest BCUT2D eigenvalue weighted by molar-refractivity contribution is 5.91. The highest BCUT2D eigenvalue weighted by Crippen LogP contribution is 2.19. The Labute approximate surface area is 156 Å². The van der Waals surface area contributed by atoms with E-state index < -0.39 is 0 Å². The third-order valence-electron chi connectivity index (χ3n) is 4.26. The molecule has 1 N–H and O–H groups in total. The molecular formula is C21H18N4O2. The predicted octanol–water partition coefficient (Wildman–Crippen LogP) is 3.61. The lowest BCUT2D eigenvalue weighted by molar-refractivity contribution is -0.115. The summed E-state index contributed by atoms with van der Waals surface area (Å²) in [5, 5.41) is 8.34. The standard InChI is InChI=1S/C21H18N4O2/c1-27-18-8-6-15(7-9-18)12-21(26)24-20-13-17(10-11-22-20)25-19-5-3-2-4-16(19)14-23-25/h2-11,13-14H,12H2,1H3,(H,22,24,26). The lowest BCUT2D eigenvalue weighted by Crippen LogP contribution is -2.15. The number of aromatic nitrogens is 3. The maximum Gasteiger partial charge on any atom is 0.229 e. The van der Waals surface area contributed by atoms with Gasteiger partial charge < -0.3 is 10.1 Å². The van der Waals surface area contributed by atoms with Gasteiger partial charge in [0, 0.05) is 17.6 Å². The van der Waals surface area contributed by atoms with Gasteiger partial charge in [-0.3, -0.25) is 4.79 Å². The number of methoxy groups -OCH3 is 1. The summed E-state index contributed by atoms with van der Waals surface area (Å²) < 4.78 is 6.96. The van der Waals surface area contributed by atoms with E-state index in [0.717, 1.165) is 27.9 Å². The van der Waals surface area contributed by atoms with Crippen LogP contribution in [-0.4, -0.2) is 27.8 Å². The molecule has 0 saturated carbocycles. The summed E-state index contributed by atoms with van der Waals surface area (Å²) in [7, 11) is 1.61. The monoisotopic (exact) mass is 358 g/mol. The van der Waals surface area contributed by atoms with Gasteiger partial charge in [-0.25, -0.2) is 9.67 Å². The molecular weight excluding hydrogens is 340 g/mol. The van der Waals surface area contributed by atoms with Crippen molar-refractivity contribution in [1.82, 2.24) is 14.8 Å². The van der Waals surface area contributed by atoms with Gasteiger partial charge in [-0.05, 0) is 29.8 Å². The molecule has 4 aromatic rings. The zero-order valence-corrected chi connectivity index (χ0v) is 14.8. The molecule has 2 heterocycles. The van der Waals surface area contributed by atoms with E-state index in [1.54, 1.807) is 13.3 Å². The Balaban J connectivity index is 1.51. The molecule has 0 spiro atoms. The number of hydrogen-bond donors (Lipinski definition) is 1. The first kappa shape index (κ1) is 16.8. The van der Waals surface area contributed by atoms with Gasteiger partial charge >= 0.3 is 0 Å². The number of nitrogens with zero attached hydrogens (tertiary/aromatic N) is 3. The minimum absolute atomic E-state index is 0.129. The minimum Gasteiger partial charge on any atom is -0.497 e. The van der Waals surface area contributed by atoms with Crippen LogP contribution in [0.5, 0.6) is 5.75 Å². The van der Waals surface area contributed by atoms with Gasteiger partial charge in [-0.2, -0.15) is 5.10 Å². The number of hydrogen-bond acceptors (Lipinski definition) is 4. The highest BCUT2D eigenvalue weighted by atomic mass is 16.5. The number of anilines is 1. The SMILES string of the molecule is COc1ccc(CC(=O)Nc2cc(-n3ncc4ccccc43)ccn2)cc1. The second-order valence-corrected chi connectivity index (χ2v) is 6.09. The maximum atomic E-state index is 12.3. The lowest BCUT2D eigenvalue weighted by atomic mass is 10.1. The van der Waals surface area contributed by atoms with E-state index in [0.29, 0.717) is 5.82 Å². The second kappa shape index (κ2) is 7.29. The smallest absolute Gasteiger partial charge is 0.229 e. The molecule has 0 fully saturated rings. The number of carbonyl (C=O) groups is 1. The maximum absolute atomic E-state index is 12.3. The van der Waals surface area contributed by atoms with Crippen LogP contribution in [0.4, 0.5) is 5.82 Å². The fourth-order valence-corrected chi connectivity index (χ4v) is 2.91. The third-order valence-corrected chi connectivity index (χ3v) is 4.26. The number of pyridine rings is 1. The largest absolute Gasteiger partial charge is 0.497 e. The number of ether oxygens (including phenoxy) is 1. The molecule has 6 heteroatoms. The van der Waals surface area contributed by atoms with Gasteiger partial charge in [0.2, 0.25) is 5.91 Å². The van der Waals surface area contributed by atoms with Crippen molar-refractivity contribution in [2.45, 2.75) is 6.42 Å². The Bertz CT molecular complexity index is 1090. The van der Waals surface area contributed by atoms with Crippen molar-refractivity contribution in [3.8, 4) is 11.4 Å². The Morgan fingerprint density at radius 2 is 1.93 bits per heavy atom. The van der Waals surface area contributed by atoms with Crippen molar-refractivity contribution in [2.75, 3.05) is 12.4 Å². The molecule has 0 aliphatic carbocycles. The molecule has 0 aliphatic heterocycles. The summed E-state index contributed by atoms with van der Waals surface area (Å²) in [4.78, 5) is 16.6. The molecule has 0 bridgehead atoms. The molecule has 6 nitrogen and oxygen atoms in total. The van der Waals surface area contributed by atoms with Crippen molar-refractivity contribution < 1.29 is 9.53 Å². The summed E-state index contributed by atoms with van der Waals surface area (Å²) in [6.07, 6.45) is 3.74. The summed E-state index contributed by atoms with van der Waals surface area (Å²) >= 11 is 0. The Kier molecular flexibility index (Phi) is 4.53. The molecule has 2 aromatic carbocycles. The Morgan fingerprint density at radius 3 is 2.74 bits per heavy atom. The fraction of sp³-hybridized carbons (Fsp3) is 0.0952. The topological polar surface area (TPSA) is 69.0 Å². The average Bonchev–Trinajstić information content (AvgIpc) is 3.13. The Hall–Kier alpha value is -3.67. The van der Waals surface area contributed by atoms with Crippen LogP contribution < -0.4 is 10.1 Å². The van der Waals surface area contributed by atoms with Crippen molar-refractivity contribution in [3.05, 3.63) is 78.6 Å². The predicted molar refractivity (Wildman–Crippen MR) is 104 cm³/mol. The molecule has 0 aliphatic rings. The number of benzene rings is 2. The molecule has 134 valence electrons. The van der Waals surface area contributed by atoms with Crippen LogP contribution in [0.2, 0.25) is 0 Å². The summed E-state index contributed by atoms with van der Waals surface area (Å²) in [6, 6.07) is 19.1. The molecule has 1 amide bonds. The van der Waals surface area contributed by atoms with Gasteiger partial charge in [0.05, 0.1) is 30.9 Å². The van der Waals surface area contributed by atoms with Crippen LogP contribution in [0.3, 0.4) is 0 Å². The molecule has 27 heavy (non-hydrogen) atoms. The van der Waals surface area contributed by atoms with Crippen LogP contribution in [0.1, 0.15) is 5.56 Å². The summed E-state index contributed by atoms with van der Waals surface area (Å²) in [5.74, 6) is 1.13. The minimum atomic E-state index is -0.129. The summed E-state index contributed by atoms with van der Waals surface area (Å²) in [5.41, 5.74) is 2.74. The second-order valence-electron chi connectivity index (χ2n) is 6.09. The number of para-hydroxylation sites is 1. The zero-order valence-electron chi connectivity index (χ0n) is 14.8. The quantitative estimate of drug-likeness (QED) is 0.592. The zero-order chi connectivity index (χ0) is 18.6. The van der Waals surface area contributed by atoms with E-state index in [1.165, 1.54) is 0 Å². The van der Waals surface area contributed by atoms with E-state index in [-0.39, 0.29) is 12.3 Å². The average molecular weight is 358 g/mol. The molecule has 0 saturated heterocycles. The van der Waals surface area contributed by atoms with Gasteiger partial charge in [-0.15, -0.1) is 0 Å². The number of fused-ring (bicyclic) bond motifs is 1. The van der Waals surface area contributed by atoms with Gasteiger partial charge in [0.25, 0.3) is 0 Å². The normalized spacial score (nSPS) is 10.7. The molecule has 2 aromatic heterocycles. The third kappa shape index (κ3) is 3.64. The van der Waals surface area contributed by atoms with Crippen molar-refractivity contribution in [2.24, 2.45) is 0 Å². The number of amides is 1. The van der Waals surface area contributed by atoms with Gasteiger partial charge in [0.15, 0.2) is 0 Å². The Morgan fingerprint density at radius 1 is 1.11 bits per heavy atom. The molecule has 4 rings (SSSR count). The fourth-order valence-electron chi connectivity index (χ4n) is 2.91. The highest BCUT2D eigenvalue weighted by Gasteiger charge is 2.08. The first-order valence-electron chi connectivity index (χ1n) is 8.55. The van der Waals surface area contributed by atoms with Gasteiger partial charge in [-0.1, -0.05) is 30.3 Å². The number of carbonyl (C=O) groups excluding carboxylic acids is 1. The van der Waals surface area contributed by atoms with Crippen molar-refractivity contribution in [1.29, 1.82) is 0 Å². The van der Waals surface area contributed by atoms with Crippen LogP contribution in [0.25, 0.3) is 16.6 Å².